The largest absolute Gasteiger partial charge is 0.362 e. The molecule has 1 N–H and O–H groups in total. The molecule has 112 valence electrons. The fraction of sp³-hybridized carbons (Fsp3) is 0.462. The molecule has 1 atom stereocenters. The molecule has 8 nitrogen and oxygen atoms in total. The first-order chi connectivity index (χ1) is 9.93. The quantitative estimate of drug-likeness (QED) is 0.670. The highest BCUT2D eigenvalue weighted by atomic mass is 16.6. The highest BCUT2D eigenvalue weighted by Crippen LogP contribution is 2.28. The molecule has 0 fully saturated rings. The van der Waals surface area contributed by atoms with Gasteiger partial charge in [-0.2, -0.15) is 5.10 Å². The van der Waals surface area contributed by atoms with Gasteiger partial charge in [-0.15, -0.1) is 0 Å². The van der Waals surface area contributed by atoms with Crippen molar-refractivity contribution < 1.29 is 4.92 Å². The lowest BCUT2D eigenvalue weighted by molar-refractivity contribution is -0.384. The van der Waals surface area contributed by atoms with E-state index < -0.39 is 4.92 Å². The molecule has 1 unspecified atom stereocenters. The van der Waals surface area contributed by atoms with E-state index >= 15 is 0 Å². The van der Waals surface area contributed by atoms with Crippen LogP contribution in [0.3, 0.4) is 0 Å². The van der Waals surface area contributed by atoms with Crippen molar-refractivity contribution in [2.24, 2.45) is 0 Å². The van der Waals surface area contributed by atoms with E-state index in [1.165, 1.54) is 11.0 Å². The van der Waals surface area contributed by atoms with Gasteiger partial charge in [-0.05, 0) is 33.3 Å². The predicted molar refractivity (Wildman–Crippen MR) is 78.7 cm³/mol. The normalized spacial score (nSPS) is 12.2. The van der Waals surface area contributed by atoms with E-state index in [1.807, 2.05) is 33.8 Å². The summed E-state index contributed by atoms with van der Waals surface area (Å²) in [5, 5.41) is 18.8. The summed E-state index contributed by atoms with van der Waals surface area (Å²) in [4.78, 5) is 19.0. The topological polar surface area (TPSA) is 98.8 Å². The van der Waals surface area contributed by atoms with Crippen molar-refractivity contribution in [2.75, 3.05) is 5.32 Å². The van der Waals surface area contributed by atoms with Crippen molar-refractivity contribution in [3.63, 3.8) is 0 Å². The number of nitrogens with one attached hydrogen (secondary N) is 1. The number of aryl methyl sites for hydroxylation is 2. The van der Waals surface area contributed by atoms with E-state index in [9.17, 15) is 10.1 Å². The van der Waals surface area contributed by atoms with Gasteiger partial charge in [0.25, 0.3) is 0 Å². The molecule has 0 saturated carbocycles. The van der Waals surface area contributed by atoms with Crippen LogP contribution in [0.1, 0.15) is 31.7 Å². The summed E-state index contributed by atoms with van der Waals surface area (Å²) in [6.07, 6.45) is 2.14. The Hall–Kier alpha value is -2.51. The van der Waals surface area contributed by atoms with Crippen LogP contribution in [0, 0.1) is 24.0 Å². The number of anilines is 1. The molecule has 0 aliphatic carbocycles. The molecule has 0 amide bonds. The standard InChI is InChI=1S/C13H18N6O2/c1-5-8(2)16-12-11(19(20)21)13(15-7-14-12)18-10(4)6-9(3)17-18/h6-8H,5H2,1-4H3,(H,14,15,16). The zero-order valence-electron chi connectivity index (χ0n) is 12.5. The van der Waals surface area contributed by atoms with Gasteiger partial charge < -0.3 is 5.32 Å². The maximum atomic E-state index is 11.4. The van der Waals surface area contributed by atoms with Gasteiger partial charge in [0.15, 0.2) is 0 Å². The number of hydrogen-bond donors (Lipinski definition) is 1. The van der Waals surface area contributed by atoms with E-state index in [0.29, 0.717) is 0 Å². The van der Waals surface area contributed by atoms with Gasteiger partial charge >= 0.3 is 5.69 Å². The molecule has 0 aliphatic rings. The maximum absolute atomic E-state index is 11.4. The first kappa shape index (κ1) is 14.9. The monoisotopic (exact) mass is 290 g/mol. The molecule has 0 aliphatic heterocycles. The second kappa shape index (κ2) is 5.86. The van der Waals surface area contributed by atoms with E-state index in [0.717, 1.165) is 17.8 Å². The highest BCUT2D eigenvalue weighted by molar-refractivity contribution is 5.64. The summed E-state index contributed by atoms with van der Waals surface area (Å²) in [5.74, 6) is 0.387. The fourth-order valence-electron chi connectivity index (χ4n) is 1.98. The summed E-state index contributed by atoms with van der Waals surface area (Å²) in [6, 6.07) is 1.92. The summed E-state index contributed by atoms with van der Waals surface area (Å²) in [5.41, 5.74) is 1.39. The summed E-state index contributed by atoms with van der Waals surface area (Å²) < 4.78 is 1.47. The zero-order chi connectivity index (χ0) is 15.6. The van der Waals surface area contributed by atoms with Crippen molar-refractivity contribution in [1.82, 2.24) is 19.7 Å². The van der Waals surface area contributed by atoms with Crippen LogP contribution in [0.25, 0.3) is 5.82 Å². The average Bonchev–Trinajstić information content (AvgIpc) is 2.76. The molecule has 0 radical (unpaired) electrons. The Morgan fingerprint density at radius 1 is 1.43 bits per heavy atom. The number of rotatable bonds is 5. The summed E-state index contributed by atoms with van der Waals surface area (Å²) in [7, 11) is 0. The lowest BCUT2D eigenvalue weighted by atomic mass is 10.2. The lowest BCUT2D eigenvalue weighted by Crippen LogP contribution is -2.17. The Morgan fingerprint density at radius 3 is 2.67 bits per heavy atom. The van der Waals surface area contributed by atoms with Crippen LogP contribution in [-0.2, 0) is 0 Å². The minimum atomic E-state index is -0.476. The van der Waals surface area contributed by atoms with Crippen LogP contribution in [0.2, 0.25) is 0 Å². The molecule has 8 heteroatoms. The van der Waals surface area contributed by atoms with E-state index in [2.05, 4.69) is 20.4 Å². The molecule has 0 bridgehead atoms. The van der Waals surface area contributed by atoms with Crippen molar-refractivity contribution in [2.45, 2.75) is 40.2 Å². The fourth-order valence-corrected chi connectivity index (χ4v) is 1.98. The van der Waals surface area contributed by atoms with Crippen LogP contribution >= 0.6 is 0 Å². The lowest BCUT2D eigenvalue weighted by Gasteiger charge is -2.13. The van der Waals surface area contributed by atoms with E-state index in [4.69, 9.17) is 0 Å². The maximum Gasteiger partial charge on any atom is 0.355 e. The highest BCUT2D eigenvalue weighted by Gasteiger charge is 2.26. The Morgan fingerprint density at radius 2 is 2.14 bits per heavy atom. The molecule has 2 heterocycles. The summed E-state index contributed by atoms with van der Waals surface area (Å²) in [6.45, 7) is 7.59. The van der Waals surface area contributed by atoms with Gasteiger partial charge in [-0.3, -0.25) is 10.1 Å². The van der Waals surface area contributed by atoms with Crippen molar-refractivity contribution in [3.8, 4) is 5.82 Å². The third-order valence-electron chi connectivity index (χ3n) is 3.19. The molecular formula is C13H18N6O2. The molecule has 2 aromatic heterocycles. The number of nitro groups is 1. The Kier molecular flexibility index (Phi) is 4.15. The molecule has 0 aromatic carbocycles. The van der Waals surface area contributed by atoms with Crippen LogP contribution in [0.5, 0.6) is 0 Å². The van der Waals surface area contributed by atoms with Gasteiger partial charge in [-0.1, -0.05) is 6.92 Å². The van der Waals surface area contributed by atoms with E-state index in [1.54, 1.807) is 0 Å². The predicted octanol–water partition coefficient (Wildman–Crippen LogP) is 2.40. The SMILES string of the molecule is CCC(C)Nc1ncnc(-n2nc(C)cc2C)c1[N+](=O)[O-]. The first-order valence-corrected chi connectivity index (χ1v) is 6.73. The Balaban J connectivity index is 2.58. The van der Waals surface area contributed by atoms with Crippen molar-refractivity contribution in [1.29, 1.82) is 0 Å². The zero-order valence-corrected chi connectivity index (χ0v) is 12.5. The Labute approximate surface area is 122 Å². The minimum absolute atomic E-state index is 0.0758. The summed E-state index contributed by atoms with van der Waals surface area (Å²) >= 11 is 0. The van der Waals surface area contributed by atoms with Crippen LogP contribution in [-0.4, -0.2) is 30.7 Å². The molecule has 2 rings (SSSR count). The molecule has 0 spiro atoms. The van der Waals surface area contributed by atoms with Gasteiger partial charge in [0, 0.05) is 11.7 Å². The van der Waals surface area contributed by atoms with Crippen LogP contribution in [0.15, 0.2) is 12.4 Å². The number of hydrogen-bond acceptors (Lipinski definition) is 6. The van der Waals surface area contributed by atoms with Crippen LogP contribution in [0.4, 0.5) is 11.5 Å². The van der Waals surface area contributed by atoms with Gasteiger partial charge in [0.2, 0.25) is 11.6 Å². The third kappa shape index (κ3) is 2.99. The minimum Gasteiger partial charge on any atom is -0.362 e. The number of aromatic nitrogens is 4. The molecular weight excluding hydrogens is 272 g/mol. The second-order valence-electron chi connectivity index (χ2n) is 4.94. The second-order valence-corrected chi connectivity index (χ2v) is 4.94. The third-order valence-corrected chi connectivity index (χ3v) is 3.19. The Bertz CT molecular complexity index is 667. The van der Waals surface area contributed by atoms with Crippen molar-refractivity contribution in [3.05, 3.63) is 33.9 Å². The van der Waals surface area contributed by atoms with Crippen LogP contribution < -0.4 is 5.32 Å². The van der Waals surface area contributed by atoms with Gasteiger partial charge in [-0.25, -0.2) is 14.6 Å². The van der Waals surface area contributed by atoms with E-state index in [-0.39, 0.29) is 23.4 Å². The smallest absolute Gasteiger partial charge is 0.355 e. The van der Waals surface area contributed by atoms with Crippen molar-refractivity contribution >= 4 is 11.5 Å². The molecule has 2 aromatic rings. The van der Waals surface area contributed by atoms with Gasteiger partial charge in [0.05, 0.1) is 10.6 Å². The average molecular weight is 290 g/mol. The number of nitrogens with zero attached hydrogens (tertiary/aromatic N) is 5. The molecule has 21 heavy (non-hydrogen) atoms. The van der Waals surface area contributed by atoms with Gasteiger partial charge in [0.1, 0.15) is 6.33 Å². The first-order valence-electron chi connectivity index (χ1n) is 6.73. The molecule has 0 saturated heterocycles.